The number of aryl methyl sites for hydroxylation is 3. The molecule has 0 aliphatic carbocycles. The van der Waals surface area contributed by atoms with Gasteiger partial charge in [0.2, 0.25) is 0 Å². The van der Waals surface area contributed by atoms with E-state index in [4.69, 9.17) is 4.42 Å². The summed E-state index contributed by atoms with van der Waals surface area (Å²) < 4.78 is 34.0. The fourth-order valence-corrected chi connectivity index (χ4v) is 6.88. The topological polar surface area (TPSA) is 38.9 Å². The summed E-state index contributed by atoms with van der Waals surface area (Å²) in [6, 6.07) is 31.9. The molecule has 3 heterocycles. The summed E-state index contributed by atoms with van der Waals surface area (Å²) in [7, 11) is -1.23. The van der Waals surface area contributed by atoms with Crippen molar-refractivity contribution in [3.63, 3.8) is 0 Å². The van der Waals surface area contributed by atoms with Crippen LogP contribution in [0, 0.1) is 44.5 Å². The summed E-state index contributed by atoms with van der Waals surface area (Å²) in [6.45, 7) is 13.2. The van der Waals surface area contributed by atoms with Crippen molar-refractivity contribution in [2.24, 2.45) is 0 Å². The third-order valence-electron chi connectivity index (χ3n) is 8.03. The minimum absolute atomic E-state index is 0. The first-order valence-corrected chi connectivity index (χ1v) is 18.7. The van der Waals surface area contributed by atoms with Gasteiger partial charge < -0.3 is 14.4 Å². The van der Waals surface area contributed by atoms with E-state index in [0.717, 1.165) is 33.5 Å². The maximum absolute atomic E-state index is 14.5. The molecular formula is C40H34F2IrN2OSi-2. The van der Waals surface area contributed by atoms with Gasteiger partial charge in [-0.2, -0.15) is 0 Å². The number of hydrogen-bond acceptors (Lipinski definition) is 3. The molecule has 47 heavy (non-hydrogen) atoms. The molecule has 239 valence electrons. The standard InChI is InChI=1S/C26H18F2NO.C14H16NSi.Ir/c1-14-8-15(2)25(16(3)9-14)17-6-7-29-23(10-17)22-12-19(28)11-21-20-5-4-18(27)13-24(20)30-26(21)22;1-16(2,3)13-9-10-14(15-11-13)12-7-5-4-6-8-12;/h4-11,13H,1-3H3;4-7,9-11H,1-3H3;/q2*-1;. The summed E-state index contributed by atoms with van der Waals surface area (Å²) in [5.74, 6) is -0.919. The number of benzene rings is 4. The van der Waals surface area contributed by atoms with Gasteiger partial charge in [0, 0.05) is 49.8 Å². The van der Waals surface area contributed by atoms with Crippen LogP contribution in [0.1, 0.15) is 16.7 Å². The molecule has 0 atom stereocenters. The first-order valence-electron chi connectivity index (χ1n) is 15.2. The van der Waals surface area contributed by atoms with Gasteiger partial charge in [0.1, 0.15) is 11.4 Å². The predicted molar refractivity (Wildman–Crippen MR) is 187 cm³/mol. The third kappa shape index (κ3) is 7.33. The van der Waals surface area contributed by atoms with Gasteiger partial charge >= 0.3 is 0 Å². The van der Waals surface area contributed by atoms with E-state index in [2.05, 4.69) is 86.8 Å². The summed E-state index contributed by atoms with van der Waals surface area (Å²) >= 11 is 0. The van der Waals surface area contributed by atoms with E-state index < -0.39 is 19.7 Å². The Kier molecular flexibility index (Phi) is 10.0. The molecule has 0 aliphatic rings. The summed E-state index contributed by atoms with van der Waals surface area (Å²) in [4.78, 5) is 8.98. The normalized spacial score (nSPS) is 11.2. The van der Waals surface area contributed by atoms with Crippen molar-refractivity contribution in [3.8, 4) is 33.6 Å². The molecular weight excluding hydrogens is 783 g/mol. The van der Waals surface area contributed by atoms with Gasteiger partial charge in [-0.3, -0.25) is 0 Å². The van der Waals surface area contributed by atoms with Crippen LogP contribution in [0.15, 0.2) is 102 Å². The van der Waals surface area contributed by atoms with Crippen molar-refractivity contribution >= 4 is 35.2 Å². The van der Waals surface area contributed by atoms with Crippen LogP contribution in [-0.4, -0.2) is 18.0 Å². The van der Waals surface area contributed by atoms with Gasteiger partial charge in [-0.15, -0.1) is 42.0 Å². The molecule has 0 bridgehead atoms. The van der Waals surface area contributed by atoms with E-state index in [1.807, 2.05) is 42.6 Å². The first-order chi connectivity index (χ1) is 22.0. The van der Waals surface area contributed by atoms with Crippen LogP contribution in [0.25, 0.3) is 55.6 Å². The fourth-order valence-electron chi connectivity index (χ4n) is 5.85. The maximum Gasteiger partial charge on any atom is 0.126 e. The van der Waals surface area contributed by atoms with Crippen molar-refractivity contribution < 1.29 is 33.3 Å². The molecule has 3 nitrogen and oxygen atoms in total. The quantitative estimate of drug-likeness (QED) is 0.131. The number of furan rings is 1. The molecule has 3 aromatic heterocycles. The van der Waals surface area contributed by atoms with Crippen LogP contribution in [-0.2, 0) is 20.1 Å². The van der Waals surface area contributed by atoms with Crippen LogP contribution < -0.4 is 5.19 Å². The number of aromatic nitrogens is 2. The SMILES string of the molecule is C[Si](C)(C)c1ccc(-c2[c-]cccc2)nc1.Cc1cc(C)c(-c2ccnc(-c3[c-]c(F)cc4c3oc3cc(F)ccc34)c2)c(C)c1.[Ir]. The van der Waals surface area contributed by atoms with Crippen molar-refractivity contribution in [3.05, 3.63) is 138 Å². The Bertz CT molecular complexity index is 2170. The van der Waals surface area contributed by atoms with Crippen LogP contribution in [0.3, 0.4) is 0 Å². The molecule has 0 saturated carbocycles. The number of nitrogens with zero attached hydrogens (tertiary/aromatic N) is 2. The monoisotopic (exact) mass is 817 g/mol. The predicted octanol–water partition coefficient (Wildman–Crippen LogP) is 10.4. The van der Waals surface area contributed by atoms with Crippen LogP contribution >= 0.6 is 0 Å². The van der Waals surface area contributed by atoms with E-state index in [0.29, 0.717) is 33.2 Å². The summed E-state index contributed by atoms with van der Waals surface area (Å²) in [6.07, 6.45) is 3.72. The molecule has 4 aromatic carbocycles. The smallest absolute Gasteiger partial charge is 0.126 e. The molecule has 0 aliphatic heterocycles. The average molecular weight is 817 g/mol. The fraction of sp³-hybridized carbons (Fsp3) is 0.150. The Labute approximate surface area is 289 Å². The number of rotatable bonds is 4. The molecule has 0 fully saturated rings. The second-order valence-corrected chi connectivity index (χ2v) is 17.7. The molecule has 0 unspecified atom stereocenters. The van der Waals surface area contributed by atoms with Crippen LogP contribution in [0.2, 0.25) is 19.6 Å². The van der Waals surface area contributed by atoms with Gasteiger partial charge in [0.25, 0.3) is 0 Å². The number of hydrogen-bond donors (Lipinski definition) is 0. The van der Waals surface area contributed by atoms with Crippen LogP contribution in [0.5, 0.6) is 0 Å². The van der Waals surface area contributed by atoms with Gasteiger partial charge in [0.05, 0.1) is 13.7 Å². The molecule has 0 amide bonds. The summed E-state index contributed by atoms with van der Waals surface area (Å²) in [5.41, 5.74) is 9.50. The average Bonchev–Trinajstić information content (AvgIpc) is 3.38. The van der Waals surface area contributed by atoms with E-state index in [9.17, 15) is 8.78 Å². The summed E-state index contributed by atoms with van der Waals surface area (Å²) in [5, 5.41) is 2.63. The maximum atomic E-state index is 14.5. The molecule has 7 heteroatoms. The minimum atomic E-state index is -1.23. The Morgan fingerprint density at radius 1 is 0.766 bits per heavy atom. The largest absolute Gasteiger partial charge is 0.500 e. The van der Waals surface area contributed by atoms with Gasteiger partial charge in [-0.1, -0.05) is 72.6 Å². The van der Waals surface area contributed by atoms with Crippen molar-refractivity contribution in [2.45, 2.75) is 40.4 Å². The Morgan fingerprint density at radius 2 is 1.53 bits per heavy atom. The first kappa shape index (κ1) is 34.1. The minimum Gasteiger partial charge on any atom is -0.500 e. The van der Waals surface area contributed by atoms with Crippen molar-refractivity contribution in [1.82, 2.24) is 9.97 Å². The number of pyridine rings is 2. The van der Waals surface area contributed by atoms with Gasteiger partial charge in [0.15, 0.2) is 0 Å². The Morgan fingerprint density at radius 3 is 2.19 bits per heavy atom. The van der Waals surface area contributed by atoms with E-state index in [1.54, 1.807) is 12.3 Å². The van der Waals surface area contributed by atoms with Crippen molar-refractivity contribution in [1.29, 1.82) is 0 Å². The molecule has 7 rings (SSSR count). The zero-order valence-corrected chi connectivity index (χ0v) is 30.5. The molecule has 0 spiro atoms. The molecule has 0 saturated heterocycles. The molecule has 0 N–H and O–H groups in total. The zero-order chi connectivity index (χ0) is 32.6. The molecule has 7 aromatic rings. The van der Waals surface area contributed by atoms with Crippen LogP contribution in [0.4, 0.5) is 8.78 Å². The van der Waals surface area contributed by atoms with E-state index in [-0.39, 0.29) is 20.1 Å². The van der Waals surface area contributed by atoms with E-state index >= 15 is 0 Å². The third-order valence-corrected chi connectivity index (χ3v) is 10.1. The van der Waals surface area contributed by atoms with E-state index in [1.165, 1.54) is 28.9 Å². The van der Waals surface area contributed by atoms with Gasteiger partial charge in [-0.25, -0.2) is 8.78 Å². The second kappa shape index (κ2) is 13.8. The Hall–Kier alpha value is -4.29. The van der Waals surface area contributed by atoms with Crippen molar-refractivity contribution in [2.75, 3.05) is 0 Å². The van der Waals surface area contributed by atoms with Gasteiger partial charge in [-0.05, 0) is 77.8 Å². The second-order valence-electron chi connectivity index (χ2n) is 12.6. The molecule has 1 radical (unpaired) electrons. The Balaban J connectivity index is 0.000000217. The zero-order valence-electron chi connectivity index (χ0n) is 27.1. The number of fused-ring (bicyclic) bond motifs is 3. The number of halogens is 2.